The number of nitrogens with one attached hydrogen (secondary N) is 2. The largest absolute Gasteiger partial charge is 0.354 e. The minimum atomic E-state index is -0.175. The Morgan fingerprint density at radius 1 is 1.37 bits per heavy atom. The molecule has 0 aliphatic heterocycles. The van der Waals surface area contributed by atoms with Gasteiger partial charge in [-0.05, 0) is 32.2 Å². The minimum Gasteiger partial charge on any atom is -0.354 e. The number of hydrogen-bond acceptors (Lipinski definition) is 4. The smallest absolute Gasteiger partial charge is 0.245 e. The third-order valence-electron chi connectivity index (χ3n) is 2.15. The summed E-state index contributed by atoms with van der Waals surface area (Å²) >= 11 is 1.53. The average Bonchev–Trinajstić information content (AvgIpc) is 2.77. The van der Waals surface area contributed by atoms with Crippen LogP contribution < -0.4 is 10.7 Å². The van der Waals surface area contributed by atoms with Gasteiger partial charge in [-0.25, -0.2) is 5.43 Å². The maximum atomic E-state index is 11.6. The van der Waals surface area contributed by atoms with E-state index in [1.54, 1.807) is 6.92 Å². The van der Waals surface area contributed by atoms with Crippen LogP contribution in [0.1, 0.15) is 32.1 Å². The highest BCUT2D eigenvalue weighted by atomic mass is 32.1. The molecule has 2 N–H and O–H groups in total. The first kappa shape index (κ1) is 15.4. The van der Waals surface area contributed by atoms with Gasteiger partial charge in [-0.1, -0.05) is 6.07 Å². The third kappa shape index (κ3) is 6.71. The second kappa shape index (κ2) is 7.68. The monoisotopic (exact) mass is 281 g/mol. The van der Waals surface area contributed by atoms with Crippen molar-refractivity contribution in [1.29, 1.82) is 0 Å². The second-order valence-electron chi connectivity index (χ2n) is 4.54. The average molecular weight is 281 g/mol. The molecule has 1 heterocycles. The topological polar surface area (TPSA) is 70.6 Å². The highest BCUT2D eigenvalue weighted by molar-refractivity contribution is 7.10. The lowest BCUT2D eigenvalue weighted by Gasteiger charge is -2.07. The van der Waals surface area contributed by atoms with Crippen LogP contribution in [0.4, 0.5) is 0 Å². The molecular formula is C13H19N3O2S. The van der Waals surface area contributed by atoms with E-state index in [4.69, 9.17) is 0 Å². The number of carbonyl (C=O) groups is 2. The predicted octanol–water partition coefficient (Wildman–Crippen LogP) is 1.70. The van der Waals surface area contributed by atoms with Crippen molar-refractivity contribution in [3.05, 3.63) is 22.4 Å². The number of thiophene rings is 1. The summed E-state index contributed by atoms with van der Waals surface area (Å²) in [6, 6.07) is 3.91. The van der Waals surface area contributed by atoms with E-state index in [0.717, 1.165) is 4.88 Å². The maximum Gasteiger partial charge on any atom is 0.245 e. The number of rotatable bonds is 6. The number of hydrogen-bond donors (Lipinski definition) is 2. The quantitative estimate of drug-likeness (QED) is 0.615. The molecule has 0 unspecified atom stereocenters. The number of carbonyl (C=O) groups excluding carboxylic acids is 2. The molecule has 0 aliphatic carbocycles. The molecule has 19 heavy (non-hydrogen) atoms. The summed E-state index contributed by atoms with van der Waals surface area (Å²) in [6.45, 7) is 5.51. The van der Waals surface area contributed by atoms with Crippen LogP contribution in [-0.4, -0.2) is 23.6 Å². The Bertz CT molecular complexity index is 452. The fourth-order valence-electron chi connectivity index (χ4n) is 1.41. The van der Waals surface area contributed by atoms with Crippen molar-refractivity contribution >= 4 is 28.9 Å². The maximum absolute atomic E-state index is 11.6. The number of hydrazone groups is 1. The van der Waals surface area contributed by atoms with E-state index in [9.17, 15) is 9.59 Å². The Hall–Kier alpha value is -1.69. The molecule has 1 aromatic rings. The predicted molar refractivity (Wildman–Crippen MR) is 77.2 cm³/mol. The fraction of sp³-hybridized carbons (Fsp3) is 0.462. The van der Waals surface area contributed by atoms with Crippen LogP contribution in [-0.2, 0) is 16.0 Å². The molecule has 0 radical (unpaired) electrons. The number of amides is 2. The first-order valence-electron chi connectivity index (χ1n) is 6.11. The van der Waals surface area contributed by atoms with E-state index in [0.29, 0.717) is 12.1 Å². The number of nitrogens with zero attached hydrogens (tertiary/aromatic N) is 1. The van der Waals surface area contributed by atoms with Gasteiger partial charge in [-0.15, -0.1) is 11.3 Å². The standard InChI is InChI=1S/C13H19N3O2S/c1-9(2)14-12(17)7-10(3)15-16-13(18)8-11-5-4-6-19-11/h4-6,9H,7-8H2,1-3H3,(H,14,17)(H,16,18)/b15-10+. The van der Waals surface area contributed by atoms with Gasteiger partial charge in [0.1, 0.15) is 0 Å². The van der Waals surface area contributed by atoms with Crippen LogP contribution in [0.3, 0.4) is 0 Å². The van der Waals surface area contributed by atoms with E-state index >= 15 is 0 Å². The van der Waals surface area contributed by atoms with E-state index in [-0.39, 0.29) is 24.3 Å². The van der Waals surface area contributed by atoms with E-state index < -0.39 is 0 Å². The molecule has 5 nitrogen and oxygen atoms in total. The van der Waals surface area contributed by atoms with Gasteiger partial charge in [0, 0.05) is 16.6 Å². The van der Waals surface area contributed by atoms with Crippen LogP contribution in [0.15, 0.2) is 22.6 Å². The molecule has 0 bridgehead atoms. The molecule has 0 aromatic carbocycles. The van der Waals surface area contributed by atoms with Crippen LogP contribution in [0.2, 0.25) is 0 Å². The zero-order valence-corrected chi connectivity index (χ0v) is 12.2. The van der Waals surface area contributed by atoms with Gasteiger partial charge in [0.05, 0.1) is 12.8 Å². The minimum absolute atomic E-state index is 0.0937. The van der Waals surface area contributed by atoms with Gasteiger partial charge in [-0.3, -0.25) is 9.59 Å². The van der Waals surface area contributed by atoms with Gasteiger partial charge in [-0.2, -0.15) is 5.10 Å². The van der Waals surface area contributed by atoms with E-state index in [1.165, 1.54) is 11.3 Å². The Morgan fingerprint density at radius 3 is 2.68 bits per heavy atom. The fourth-order valence-corrected chi connectivity index (χ4v) is 2.12. The van der Waals surface area contributed by atoms with Crippen molar-refractivity contribution in [2.24, 2.45) is 5.10 Å². The van der Waals surface area contributed by atoms with Crippen molar-refractivity contribution in [2.45, 2.75) is 39.7 Å². The zero-order valence-electron chi connectivity index (χ0n) is 11.4. The molecule has 1 aromatic heterocycles. The van der Waals surface area contributed by atoms with Gasteiger partial charge in [0.15, 0.2) is 0 Å². The Labute approximate surface area is 117 Å². The highest BCUT2D eigenvalue weighted by Crippen LogP contribution is 2.08. The summed E-state index contributed by atoms with van der Waals surface area (Å²) in [5.41, 5.74) is 3.04. The molecule has 1 rings (SSSR count). The Kier molecular flexibility index (Phi) is 6.21. The van der Waals surface area contributed by atoms with E-state index in [1.807, 2.05) is 31.4 Å². The summed E-state index contributed by atoms with van der Waals surface area (Å²) in [5.74, 6) is -0.269. The molecule has 0 atom stereocenters. The lowest BCUT2D eigenvalue weighted by Crippen LogP contribution is -2.31. The van der Waals surface area contributed by atoms with Crippen LogP contribution in [0, 0.1) is 0 Å². The van der Waals surface area contributed by atoms with Gasteiger partial charge in [0.2, 0.25) is 11.8 Å². The summed E-state index contributed by atoms with van der Waals surface area (Å²) in [5, 5.41) is 8.60. The molecule has 0 saturated heterocycles. The van der Waals surface area contributed by atoms with Crippen molar-refractivity contribution in [2.75, 3.05) is 0 Å². The third-order valence-corrected chi connectivity index (χ3v) is 3.03. The Morgan fingerprint density at radius 2 is 2.11 bits per heavy atom. The second-order valence-corrected chi connectivity index (χ2v) is 5.57. The summed E-state index contributed by atoms with van der Waals surface area (Å²) < 4.78 is 0. The molecule has 104 valence electrons. The van der Waals surface area contributed by atoms with Crippen molar-refractivity contribution in [3.8, 4) is 0 Å². The van der Waals surface area contributed by atoms with Crippen LogP contribution in [0.5, 0.6) is 0 Å². The first-order valence-corrected chi connectivity index (χ1v) is 6.99. The van der Waals surface area contributed by atoms with Crippen molar-refractivity contribution < 1.29 is 9.59 Å². The van der Waals surface area contributed by atoms with Crippen LogP contribution >= 0.6 is 11.3 Å². The van der Waals surface area contributed by atoms with E-state index in [2.05, 4.69) is 15.8 Å². The van der Waals surface area contributed by atoms with Gasteiger partial charge < -0.3 is 5.32 Å². The lowest BCUT2D eigenvalue weighted by molar-refractivity contribution is -0.121. The lowest BCUT2D eigenvalue weighted by atomic mass is 10.2. The SMILES string of the molecule is C/C(CC(=O)NC(C)C)=N\NC(=O)Cc1cccs1. The zero-order chi connectivity index (χ0) is 14.3. The molecule has 6 heteroatoms. The molecule has 0 spiro atoms. The van der Waals surface area contributed by atoms with Crippen molar-refractivity contribution in [3.63, 3.8) is 0 Å². The summed E-state index contributed by atoms with van der Waals surface area (Å²) in [4.78, 5) is 24.0. The molecule has 0 saturated carbocycles. The first-order chi connectivity index (χ1) is 8.97. The molecule has 2 amide bonds. The molecule has 0 aliphatic rings. The highest BCUT2D eigenvalue weighted by Gasteiger charge is 2.06. The normalized spacial score (nSPS) is 11.5. The summed E-state index contributed by atoms with van der Waals surface area (Å²) in [7, 11) is 0. The molecular weight excluding hydrogens is 262 g/mol. The van der Waals surface area contributed by atoms with Crippen molar-refractivity contribution in [1.82, 2.24) is 10.7 Å². The summed E-state index contributed by atoms with van der Waals surface area (Å²) in [6.07, 6.45) is 0.504. The Balaban J connectivity index is 2.34. The van der Waals surface area contributed by atoms with Gasteiger partial charge in [0.25, 0.3) is 0 Å². The van der Waals surface area contributed by atoms with Gasteiger partial charge >= 0.3 is 0 Å². The van der Waals surface area contributed by atoms with Crippen LogP contribution in [0.25, 0.3) is 0 Å². The molecule has 0 fully saturated rings.